The third-order valence-electron chi connectivity index (χ3n) is 3.20. The quantitative estimate of drug-likeness (QED) is 0.474. The van der Waals surface area contributed by atoms with Crippen molar-refractivity contribution in [2.45, 2.75) is 71.3 Å². The van der Waals surface area contributed by atoms with E-state index in [1.54, 1.807) is 6.92 Å². The fourth-order valence-electron chi connectivity index (χ4n) is 2.03. The van der Waals surface area contributed by atoms with Crippen LogP contribution in [0.25, 0.3) is 0 Å². The van der Waals surface area contributed by atoms with Crippen molar-refractivity contribution in [2.75, 3.05) is 7.11 Å². The van der Waals surface area contributed by atoms with Gasteiger partial charge in [-0.15, -0.1) is 0 Å². The molecule has 2 unspecified atom stereocenters. The molecule has 3 heteroatoms. The van der Waals surface area contributed by atoms with Gasteiger partial charge in [-0.1, -0.05) is 51.9 Å². The first-order chi connectivity index (χ1) is 8.13. The maximum absolute atomic E-state index is 11.4. The molecule has 3 nitrogen and oxygen atoms in total. The topological polar surface area (TPSA) is 46.5 Å². The Morgan fingerprint density at radius 1 is 1.12 bits per heavy atom. The number of unbranched alkanes of at least 4 members (excludes halogenated alkanes) is 6. The second kappa shape index (κ2) is 10.6. The highest BCUT2D eigenvalue weighted by Gasteiger charge is 2.23. The molecule has 0 spiro atoms. The second-order valence-corrected chi connectivity index (χ2v) is 4.78. The number of esters is 1. The Labute approximate surface area is 106 Å². The maximum atomic E-state index is 11.4. The van der Waals surface area contributed by atoms with Crippen molar-refractivity contribution in [1.82, 2.24) is 0 Å². The predicted octanol–water partition coefficient (Wildman–Crippen LogP) is 3.30. The Balaban J connectivity index is 3.58. The summed E-state index contributed by atoms with van der Waals surface area (Å²) in [5.41, 5.74) is 0. The van der Waals surface area contributed by atoms with E-state index in [0.717, 1.165) is 19.3 Å². The molecule has 0 bridgehead atoms. The van der Waals surface area contributed by atoms with Crippen molar-refractivity contribution < 1.29 is 14.6 Å². The van der Waals surface area contributed by atoms with E-state index in [1.165, 1.54) is 39.2 Å². The molecule has 0 aliphatic rings. The summed E-state index contributed by atoms with van der Waals surface area (Å²) in [6, 6.07) is 0. The van der Waals surface area contributed by atoms with Crippen molar-refractivity contribution in [3.63, 3.8) is 0 Å². The minimum absolute atomic E-state index is 0.286. The van der Waals surface area contributed by atoms with E-state index >= 15 is 0 Å². The van der Waals surface area contributed by atoms with Crippen molar-refractivity contribution >= 4 is 5.97 Å². The lowest BCUT2D eigenvalue weighted by atomic mass is 9.96. The molecule has 0 rings (SSSR count). The van der Waals surface area contributed by atoms with Crippen molar-refractivity contribution in [3.8, 4) is 0 Å². The average Bonchev–Trinajstić information content (AvgIpc) is 2.31. The van der Waals surface area contributed by atoms with Gasteiger partial charge in [-0.3, -0.25) is 4.79 Å². The zero-order valence-corrected chi connectivity index (χ0v) is 11.6. The van der Waals surface area contributed by atoms with Crippen LogP contribution in [-0.2, 0) is 9.53 Å². The minimum atomic E-state index is -0.609. The molecule has 17 heavy (non-hydrogen) atoms. The molecular formula is C14H28O3. The van der Waals surface area contributed by atoms with E-state index < -0.39 is 6.10 Å². The lowest BCUT2D eigenvalue weighted by Crippen LogP contribution is -2.26. The van der Waals surface area contributed by atoms with Crippen LogP contribution in [-0.4, -0.2) is 24.3 Å². The van der Waals surface area contributed by atoms with Crippen molar-refractivity contribution in [1.29, 1.82) is 0 Å². The molecule has 0 radical (unpaired) electrons. The second-order valence-electron chi connectivity index (χ2n) is 4.78. The fraction of sp³-hybridized carbons (Fsp3) is 0.929. The van der Waals surface area contributed by atoms with Gasteiger partial charge in [0, 0.05) is 0 Å². The largest absolute Gasteiger partial charge is 0.469 e. The van der Waals surface area contributed by atoms with E-state index in [1.807, 2.05) is 0 Å². The highest BCUT2D eigenvalue weighted by Crippen LogP contribution is 2.17. The minimum Gasteiger partial charge on any atom is -0.469 e. The summed E-state index contributed by atoms with van der Waals surface area (Å²) in [4.78, 5) is 11.4. The molecule has 0 saturated heterocycles. The summed E-state index contributed by atoms with van der Waals surface area (Å²) in [5.74, 6) is -0.637. The van der Waals surface area contributed by atoms with Gasteiger partial charge in [-0.05, 0) is 13.3 Å². The zero-order valence-electron chi connectivity index (χ0n) is 11.6. The molecule has 0 aliphatic carbocycles. The molecular weight excluding hydrogens is 216 g/mol. The van der Waals surface area contributed by atoms with Crippen LogP contribution in [0.3, 0.4) is 0 Å². The zero-order chi connectivity index (χ0) is 13.1. The monoisotopic (exact) mass is 244 g/mol. The van der Waals surface area contributed by atoms with E-state index in [2.05, 4.69) is 11.7 Å². The van der Waals surface area contributed by atoms with Crippen molar-refractivity contribution in [3.05, 3.63) is 0 Å². The van der Waals surface area contributed by atoms with Crippen LogP contribution in [0.4, 0.5) is 0 Å². The first kappa shape index (κ1) is 16.4. The smallest absolute Gasteiger partial charge is 0.311 e. The molecule has 0 heterocycles. The van der Waals surface area contributed by atoms with Gasteiger partial charge >= 0.3 is 5.97 Å². The Morgan fingerprint density at radius 2 is 1.65 bits per heavy atom. The Kier molecular flexibility index (Phi) is 10.2. The van der Waals surface area contributed by atoms with Gasteiger partial charge in [0.15, 0.2) is 0 Å². The lowest BCUT2D eigenvalue weighted by Gasteiger charge is -2.16. The van der Waals surface area contributed by atoms with Gasteiger partial charge in [0.1, 0.15) is 0 Å². The number of ether oxygens (including phenoxy) is 1. The first-order valence-electron chi connectivity index (χ1n) is 6.89. The summed E-state index contributed by atoms with van der Waals surface area (Å²) in [7, 11) is 1.38. The molecule has 0 aliphatic heterocycles. The Hall–Kier alpha value is -0.570. The average molecular weight is 244 g/mol. The number of carbonyl (C=O) groups is 1. The number of aliphatic hydroxyl groups excluding tert-OH is 1. The van der Waals surface area contributed by atoms with Crippen molar-refractivity contribution in [2.24, 2.45) is 5.92 Å². The van der Waals surface area contributed by atoms with Gasteiger partial charge in [0.05, 0.1) is 19.1 Å². The number of hydrogen-bond donors (Lipinski definition) is 1. The number of aliphatic hydroxyl groups is 1. The molecule has 0 fully saturated rings. The highest BCUT2D eigenvalue weighted by molar-refractivity contribution is 5.72. The van der Waals surface area contributed by atoms with Gasteiger partial charge < -0.3 is 9.84 Å². The van der Waals surface area contributed by atoms with Crippen LogP contribution in [0.15, 0.2) is 0 Å². The van der Waals surface area contributed by atoms with Crippen LogP contribution in [0.1, 0.15) is 65.2 Å². The summed E-state index contributed by atoms with van der Waals surface area (Å²) < 4.78 is 4.68. The molecule has 2 atom stereocenters. The van der Waals surface area contributed by atoms with Crippen LogP contribution in [0.2, 0.25) is 0 Å². The molecule has 0 amide bonds. The van der Waals surface area contributed by atoms with Crippen LogP contribution >= 0.6 is 0 Å². The number of methoxy groups -OCH3 is 1. The van der Waals surface area contributed by atoms with Crippen LogP contribution < -0.4 is 0 Å². The number of hydrogen-bond acceptors (Lipinski definition) is 3. The van der Waals surface area contributed by atoms with E-state index in [9.17, 15) is 9.90 Å². The van der Waals surface area contributed by atoms with Crippen LogP contribution in [0, 0.1) is 5.92 Å². The predicted molar refractivity (Wildman–Crippen MR) is 69.8 cm³/mol. The Morgan fingerprint density at radius 3 is 2.12 bits per heavy atom. The van der Waals surface area contributed by atoms with E-state index in [0.29, 0.717) is 0 Å². The van der Waals surface area contributed by atoms with Gasteiger partial charge in [-0.25, -0.2) is 0 Å². The van der Waals surface area contributed by atoms with E-state index in [4.69, 9.17) is 0 Å². The summed E-state index contributed by atoms with van der Waals surface area (Å²) >= 11 is 0. The standard InChI is InChI=1S/C14H28O3/c1-4-5-6-7-8-9-10-11-13(12(2)15)14(16)17-3/h12-13,15H,4-11H2,1-3H3. The molecule has 0 aromatic carbocycles. The normalized spacial score (nSPS) is 14.4. The summed E-state index contributed by atoms with van der Waals surface area (Å²) in [6.07, 6.45) is 8.68. The molecule has 102 valence electrons. The SMILES string of the molecule is CCCCCCCCCC(C(=O)OC)C(C)O. The van der Waals surface area contributed by atoms with Crippen LogP contribution in [0.5, 0.6) is 0 Å². The molecule has 0 aromatic rings. The Bertz CT molecular complexity index is 190. The summed E-state index contributed by atoms with van der Waals surface area (Å²) in [6.45, 7) is 3.87. The van der Waals surface area contributed by atoms with Gasteiger partial charge in [0.25, 0.3) is 0 Å². The maximum Gasteiger partial charge on any atom is 0.311 e. The molecule has 0 aromatic heterocycles. The number of rotatable bonds is 10. The van der Waals surface area contributed by atoms with Gasteiger partial charge in [0.2, 0.25) is 0 Å². The fourth-order valence-corrected chi connectivity index (χ4v) is 2.03. The summed E-state index contributed by atoms with van der Waals surface area (Å²) in [5, 5.41) is 9.49. The number of carbonyl (C=O) groups excluding carboxylic acids is 1. The third kappa shape index (κ3) is 8.19. The molecule has 1 N–H and O–H groups in total. The highest BCUT2D eigenvalue weighted by atomic mass is 16.5. The van der Waals surface area contributed by atoms with Gasteiger partial charge in [-0.2, -0.15) is 0 Å². The third-order valence-corrected chi connectivity index (χ3v) is 3.20. The lowest BCUT2D eigenvalue weighted by molar-refractivity contribution is -0.149. The molecule has 0 saturated carbocycles. The first-order valence-corrected chi connectivity index (χ1v) is 6.89. The van der Waals surface area contributed by atoms with E-state index in [-0.39, 0.29) is 11.9 Å².